The van der Waals surface area contributed by atoms with Crippen LogP contribution in [0.1, 0.15) is 27.9 Å². The maximum Gasteiger partial charge on any atom is 0.253 e. The van der Waals surface area contributed by atoms with Crippen LogP contribution in [-0.2, 0) is 0 Å². The third-order valence-electron chi connectivity index (χ3n) is 5.79. The van der Waals surface area contributed by atoms with E-state index in [1.54, 1.807) is 0 Å². The van der Waals surface area contributed by atoms with Gasteiger partial charge < -0.3 is 14.5 Å². The van der Waals surface area contributed by atoms with E-state index in [1.165, 1.54) is 0 Å². The topological polar surface area (TPSA) is 45.1 Å². The van der Waals surface area contributed by atoms with E-state index in [0.717, 1.165) is 65.8 Å². The van der Waals surface area contributed by atoms with Gasteiger partial charge in [-0.1, -0.05) is 36.4 Å². The van der Waals surface area contributed by atoms with Crippen molar-refractivity contribution in [3.8, 4) is 11.5 Å². The number of benzene rings is 3. The number of carbonyl (C=O) groups excluding carboxylic acids is 1. The molecule has 1 fully saturated rings. The minimum absolute atomic E-state index is 0.0924. The van der Waals surface area contributed by atoms with Crippen molar-refractivity contribution in [2.45, 2.75) is 13.3 Å². The number of aryl methyl sites for hydroxylation is 1. The molecule has 5 heteroatoms. The van der Waals surface area contributed by atoms with E-state index in [-0.39, 0.29) is 5.91 Å². The molecule has 3 aromatic rings. The molecule has 0 radical (unpaired) electrons. The average molecular weight is 412 g/mol. The van der Waals surface area contributed by atoms with E-state index in [4.69, 9.17) is 9.73 Å². The number of nitrogens with zero attached hydrogens (tertiary/aromatic N) is 3. The van der Waals surface area contributed by atoms with Crippen molar-refractivity contribution in [1.29, 1.82) is 0 Å². The van der Waals surface area contributed by atoms with Gasteiger partial charge in [-0.3, -0.25) is 4.79 Å². The summed E-state index contributed by atoms with van der Waals surface area (Å²) in [5.74, 6) is 2.59. The van der Waals surface area contributed by atoms with Crippen LogP contribution in [0.3, 0.4) is 0 Å². The van der Waals surface area contributed by atoms with Crippen molar-refractivity contribution in [2.75, 3.05) is 26.2 Å². The first-order valence-corrected chi connectivity index (χ1v) is 10.7. The molecule has 1 saturated heterocycles. The van der Waals surface area contributed by atoms with E-state index < -0.39 is 0 Å². The van der Waals surface area contributed by atoms with Gasteiger partial charge in [-0.15, -0.1) is 0 Å². The Kier molecular flexibility index (Phi) is 5.16. The van der Waals surface area contributed by atoms with E-state index in [2.05, 4.69) is 24.0 Å². The average Bonchev–Trinajstić information content (AvgIpc) is 3.14. The molecule has 2 aliphatic rings. The minimum atomic E-state index is 0.0924. The number of carbonyl (C=O) groups is 1. The summed E-state index contributed by atoms with van der Waals surface area (Å²) in [6.07, 6.45) is 0.890. The normalized spacial score (nSPS) is 15.7. The van der Waals surface area contributed by atoms with E-state index in [1.807, 2.05) is 65.6 Å². The molecule has 5 nitrogen and oxygen atoms in total. The zero-order valence-corrected chi connectivity index (χ0v) is 17.6. The van der Waals surface area contributed by atoms with Gasteiger partial charge in [0.1, 0.15) is 17.3 Å². The van der Waals surface area contributed by atoms with Gasteiger partial charge in [0, 0.05) is 31.7 Å². The number of para-hydroxylation sites is 1. The lowest BCUT2D eigenvalue weighted by molar-refractivity contribution is 0.0764. The molecule has 31 heavy (non-hydrogen) atoms. The molecule has 0 atom stereocenters. The molecule has 2 heterocycles. The van der Waals surface area contributed by atoms with E-state index in [9.17, 15) is 4.79 Å². The van der Waals surface area contributed by atoms with Crippen molar-refractivity contribution in [2.24, 2.45) is 4.99 Å². The van der Waals surface area contributed by atoms with Gasteiger partial charge in [-0.05, 0) is 55.3 Å². The van der Waals surface area contributed by atoms with Crippen LogP contribution in [0.15, 0.2) is 77.8 Å². The first kappa shape index (κ1) is 19.4. The molecule has 0 N–H and O–H groups in total. The quantitative estimate of drug-likeness (QED) is 0.564. The van der Waals surface area contributed by atoms with Crippen LogP contribution in [0.25, 0.3) is 0 Å². The van der Waals surface area contributed by atoms with Crippen LogP contribution in [0.4, 0.5) is 5.69 Å². The van der Waals surface area contributed by atoms with Gasteiger partial charge in [0.2, 0.25) is 0 Å². The molecule has 0 saturated carbocycles. The highest BCUT2D eigenvalue weighted by Crippen LogP contribution is 2.38. The van der Waals surface area contributed by atoms with Gasteiger partial charge >= 0.3 is 0 Å². The number of aliphatic imine (C=N–C) groups is 1. The van der Waals surface area contributed by atoms with Crippen molar-refractivity contribution >= 4 is 17.4 Å². The van der Waals surface area contributed by atoms with Crippen LogP contribution in [0.2, 0.25) is 0 Å². The Bertz CT molecular complexity index is 1140. The van der Waals surface area contributed by atoms with Gasteiger partial charge in [-0.25, -0.2) is 4.99 Å². The lowest BCUT2D eigenvalue weighted by Gasteiger charge is -2.25. The fourth-order valence-electron chi connectivity index (χ4n) is 4.17. The summed E-state index contributed by atoms with van der Waals surface area (Å²) >= 11 is 0. The molecule has 1 amide bonds. The van der Waals surface area contributed by atoms with Crippen LogP contribution in [0.5, 0.6) is 11.5 Å². The number of amides is 1. The minimum Gasteiger partial charge on any atom is -0.454 e. The molecule has 5 rings (SSSR count). The summed E-state index contributed by atoms with van der Waals surface area (Å²) < 4.78 is 6.25. The second kappa shape index (κ2) is 8.26. The van der Waals surface area contributed by atoms with E-state index in [0.29, 0.717) is 6.54 Å². The highest BCUT2D eigenvalue weighted by molar-refractivity contribution is 6.04. The van der Waals surface area contributed by atoms with Crippen molar-refractivity contribution < 1.29 is 9.53 Å². The molecular formula is C26H25N3O2. The molecule has 0 aliphatic carbocycles. The van der Waals surface area contributed by atoms with Crippen molar-refractivity contribution in [1.82, 2.24) is 9.80 Å². The standard InChI is InChI=1S/C26H25N3O2/c1-19-12-13-22-24(18-19)31-23-11-6-5-10-21(23)25(27-22)28-14-7-15-29(17-16-28)26(30)20-8-3-2-4-9-20/h2-6,8-13,18H,7,14-17H2,1H3. The van der Waals surface area contributed by atoms with Crippen LogP contribution in [0, 0.1) is 6.92 Å². The molecular weight excluding hydrogens is 386 g/mol. The van der Waals surface area contributed by atoms with Crippen molar-refractivity contribution in [3.05, 3.63) is 89.5 Å². The van der Waals surface area contributed by atoms with Gasteiger partial charge in [0.15, 0.2) is 5.75 Å². The highest BCUT2D eigenvalue weighted by Gasteiger charge is 2.26. The Morgan fingerprint density at radius 1 is 0.871 bits per heavy atom. The molecule has 0 unspecified atom stereocenters. The Labute approximate surface area is 182 Å². The largest absolute Gasteiger partial charge is 0.454 e. The Balaban J connectivity index is 1.45. The SMILES string of the molecule is Cc1ccc2c(c1)Oc1ccccc1C(N1CCCN(C(=O)c3ccccc3)CC1)=N2. The lowest BCUT2D eigenvalue weighted by Crippen LogP contribution is -2.37. The third kappa shape index (κ3) is 3.91. The molecule has 0 bridgehead atoms. The molecule has 2 aliphatic heterocycles. The first-order chi connectivity index (χ1) is 15.2. The summed E-state index contributed by atoms with van der Waals surface area (Å²) in [7, 11) is 0. The van der Waals surface area contributed by atoms with Gasteiger partial charge in [-0.2, -0.15) is 0 Å². The molecule has 0 spiro atoms. The second-order valence-electron chi connectivity index (χ2n) is 8.00. The fraction of sp³-hybridized carbons (Fsp3) is 0.231. The maximum atomic E-state index is 12.9. The monoisotopic (exact) mass is 411 g/mol. The van der Waals surface area contributed by atoms with Crippen LogP contribution >= 0.6 is 0 Å². The summed E-state index contributed by atoms with van der Waals surface area (Å²) in [6, 6.07) is 23.7. The zero-order valence-electron chi connectivity index (χ0n) is 17.6. The predicted molar refractivity (Wildman–Crippen MR) is 122 cm³/mol. The van der Waals surface area contributed by atoms with Gasteiger partial charge in [0.25, 0.3) is 5.91 Å². The molecule has 156 valence electrons. The number of hydrogen-bond acceptors (Lipinski definition) is 4. The number of ether oxygens (including phenoxy) is 1. The summed E-state index contributed by atoms with van der Waals surface area (Å²) in [5, 5.41) is 0. The highest BCUT2D eigenvalue weighted by atomic mass is 16.5. The Morgan fingerprint density at radius 3 is 2.55 bits per heavy atom. The van der Waals surface area contributed by atoms with Crippen LogP contribution in [-0.4, -0.2) is 47.7 Å². The summed E-state index contributed by atoms with van der Waals surface area (Å²) in [5.41, 5.74) is 3.70. The lowest BCUT2D eigenvalue weighted by atomic mass is 10.1. The van der Waals surface area contributed by atoms with Crippen molar-refractivity contribution in [3.63, 3.8) is 0 Å². The van der Waals surface area contributed by atoms with E-state index >= 15 is 0 Å². The van der Waals surface area contributed by atoms with Gasteiger partial charge in [0.05, 0.1) is 5.56 Å². The maximum absolute atomic E-state index is 12.9. The van der Waals surface area contributed by atoms with Crippen LogP contribution < -0.4 is 4.74 Å². The Hall–Kier alpha value is -3.60. The molecule has 0 aromatic heterocycles. The zero-order chi connectivity index (χ0) is 21.2. The number of rotatable bonds is 1. The smallest absolute Gasteiger partial charge is 0.253 e. The fourth-order valence-corrected chi connectivity index (χ4v) is 4.17. The number of amidine groups is 1. The molecule has 3 aromatic carbocycles. The second-order valence-corrected chi connectivity index (χ2v) is 8.00. The Morgan fingerprint density at radius 2 is 1.68 bits per heavy atom. The summed E-state index contributed by atoms with van der Waals surface area (Å²) in [6.45, 7) is 5.03. The number of hydrogen-bond donors (Lipinski definition) is 0. The third-order valence-corrected chi connectivity index (χ3v) is 5.79. The summed E-state index contributed by atoms with van der Waals surface area (Å²) in [4.78, 5) is 22.2. The number of fused-ring (bicyclic) bond motifs is 2. The predicted octanol–water partition coefficient (Wildman–Crippen LogP) is 5.03. The first-order valence-electron chi connectivity index (χ1n) is 10.7.